The summed E-state index contributed by atoms with van der Waals surface area (Å²) in [5.41, 5.74) is 0.210. The number of carbonyl (C=O) groups excluding carboxylic acids is 1. The summed E-state index contributed by atoms with van der Waals surface area (Å²) < 4.78 is 12.6. The highest BCUT2D eigenvalue weighted by Crippen LogP contribution is 2.70. The summed E-state index contributed by atoms with van der Waals surface area (Å²) >= 11 is 0. The molecular formula is C24H40N3O3+. The summed E-state index contributed by atoms with van der Waals surface area (Å²) in [6, 6.07) is 0. The Balaban J connectivity index is 1.12. The smallest absolute Gasteiger partial charge is 0.311 e. The van der Waals surface area contributed by atoms with Crippen LogP contribution in [0.3, 0.4) is 0 Å². The fraction of sp³-hybridized carbons (Fsp3) is 0.958. The van der Waals surface area contributed by atoms with Crippen molar-refractivity contribution in [3.63, 3.8) is 0 Å². The molecule has 6 nitrogen and oxygen atoms in total. The van der Waals surface area contributed by atoms with Crippen LogP contribution in [-0.4, -0.2) is 79.0 Å². The zero-order valence-electron chi connectivity index (χ0n) is 18.9. The number of nitrogens with zero attached hydrogens (tertiary/aromatic N) is 2. The number of quaternary nitrogens is 1. The van der Waals surface area contributed by atoms with Gasteiger partial charge in [-0.05, 0) is 38.0 Å². The van der Waals surface area contributed by atoms with Gasteiger partial charge in [-0.25, -0.2) is 0 Å². The summed E-state index contributed by atoms with van der Waals surface area (Å²) in [6.45, 7) is 11.4. The number of rotatable bonds is 3. The highest BCUT2D eigenvalue weighted by molar-refractivity contribution is 5.76. The number of carbonyl (C=O) groups is 1. The van der Waals surface area contributed by atoms with E-state index in [4.69, 9.17) is 9.47 Å². The molecule has 8 atom stereocenters. The third kappa shape index (κ3) is 2.86. The molecule has 168 valence electrons. The molecule has 0 amide bonds. The lowest BCUT2D eigenvalue weighted by molar-refractivity contribution is -0.717. The van der Waals surface area contributed by atoms with Crippen molar-refractivity contribution >= 4 is 5.97 Å². The number of hydrogen-bond donors (Lipinski definition) is 1. The number of piperazine rings is 1. The molecule has 0 aromatic heterocycles. The number of nitrogens with two attached hydrogens (primary N) is 1. The molecule has 6 aliphatic rings. The average Bonchev–Trinajstić information content (AvgIpc) is 3.44. The van der Waals surface area contributed by atoms with Crippen LogP contribution in [0, 0.1) is 23.2 Å². The summed E-state index contributed by atoms with van der Waals surface area (Å²) in [5, 5.41) is 2.53. The van der Waals surface area contributed by atoms with Gasteiger partial charge in [0.15, 0.2) is 0 Å². The first-order valence-electron chi connectivity index (χ1n) is 12.7. The molecule has 2 N–H and O–H groups in total. The number of esters is 1. The first-order chi connectivity index (χ1) is 14.5. The molecule has 1 unspecified atom stereocenters. The van der Waals surface area contributed by atoms with E-state index in [1.807, 2.05) is 0 Å². The minimum atomic E-state index is 0.00541. The van der Waals surface area contributed by atoms with E-state index in [1.54, 1.807) is 0 Å². The van der Waals surface area contributed by atoms with Crippen LogP contribution in [0.4, 0.5) is 0 Å². The highest BCUT2D eigenvalue weighted by Gasteiger charge is 2.78. The number of hydrogen-bond acceptors (Lipinski definition) is 5. The minimum absolute atomic E-state index is 0.00541. The second kappa shape index (κ2) is 7.16. The van der Waals surface area contributed by atoms with Gasteiger partial charge in [-0.3, -0.25) is 14.6 Å². The van der Waals surface area contributed by atoms with Crippen LogP contribution in [0.2, 0.25) is 0 Å². The standard InChI is InChI=1S/C24H39N3O3/c1-16-6-5-8-23(2)14-18-20(21-24(16,23)30-21)17(22(28)29-18)15-26-10-12-27(13-11-26)19-7-3-4-9-25-19/h16-21,25H,3-15H2,1-2H3/p+1/t16-,17-,18-,19?,20+,21+,23+,24-/m1/s1. The molecule has 1 spiro atoms. The lowest BCUT2D eigenvalue weighted by Crippen LogP contribution is -2.95. The predicted molar refractivity (Wildman–Crippen MR) is 113 cm³/mol. The summed E-state index contributed by atoms with van der Waals surface area (Å²) in [7, 11) is 0. The van der Waals surface area contributed by atoms with Crippen molar-refractivity contribution in [2.24, 2.45) is 23.2 Å². The number of ether oxygens (including phenoxy) is 2. The molecule has 6 rings (SSSR count). The van der Waals surface area contributed by atoms with E-state index in [0.29, 0.717) is 12.1 Å². The van der Waals surface area contributed by atoms with Crippen molar-refractivity contribution in [1.29, 1.82) is 0 Å². The van der Waals surface area contributed by atoms with E-state index in [-0.39, 0.29) is 41.0 Å². The van der Waals surface area contributed by atoms with E-state index in [1.165, 1.54) is 45.1 Å². The van der Waals surface area contributed by atoms with Gasteiger partial charge in [-0.1, -0.05) is 20.3 Å². The summed E-state index contributed by atoms with van der Waals surface area (Å²) in [4.78, 5) is 18.2. The van der Waals surface area contributed by atoms with E-state index in [2.05, 4.69) is 29.0 Å². The van der Waals surface area contributed by atoms with Crippen LogP contribution in [-0.2, 0) is 14.3 Å². The predicted octanol–water partition coefficient (Wildman–Crippen LogP) is 1.20. The number of fused-ring (bicyclic) bond motifs is 2. The van der Waals surface area contributed by atoms with E-state index in [0.717, 1.165) is 39.1 Å². The fourth-order valence-electron chi connectivity index (χ4n) is 8.26. The lowest BCUT2D eigenvalue weighted by Gasteiger charge is -2.49. The number of piperidine rings is 1. The molecule has 0 aromatic rings. The Morgan fingerprint density at radius 3 is 2.73 bits per heavy atom. The summed E-state index contributed by atoms with van der Waals surface area (Å²) in [6.07, 6.45) is 9.86. The Morgan fingerprint density at radius 2 is 1.97 bits per heavy atom. The maximum Gasteiger partial charge on any atom is 0.311 e. The van der Waals surface area contributed by atoms with Gasteiger partial charge in [0, 0.05) is 50.5 Å². The highest BCUT2D eigenvalue weighted by atomic mass is 16.6. The van der Waals surface area contributed by atoms with Crippen LogP contribution in [0.1, 0.15) is 58.8 Å². The minimum Gasteiger partial charge on any atom is -0.462 e. The normalized spacial score (nSPS) is 51.6. The molecule has 6 heteroatoms. The van der Waals surface area contributed by atoms with E-state index in [9.17, 15) is 4.79 Å². The van der Waals surface area contributed by atoms with Crippen LogP contribution in [0.5, 0.6) is 0 Å². The van der Waals surface area contributed by atoms with Crippen LogP contribution in [0.15, 0.2) is 0 Å². The molecule has 0 bridgehead atoms. The van der Waals surface area contributed by atoms with E-state index >= 15 is 0 Å². The largest absolute Gasteiger partial charge is 0.462 e. The summed E-state index contributed by atoms with van der Waals surface area (Å²) in [5.74, 6) is 0.934. The molecule has 4 saturated heterocycles. The molecule has 4 heterocycles. The molecule has 0 aromatic carbocycles. The number of epoxide rings is 1. The van der Waals surface area contributed by atoms with Gasteiger partial charge >= 0.3 is 5.97 Å². The Labute approximate surface area is 181 Å². The molecule has 30 heavy (non-hydrogen) atoms. The molecule has 2 saturated carbocycles. The van der Waals surface area contributed by atoms with E-state index < -0.39 is 0 Å². The Bertz CT molecular complexity index is 689. The van der Waals surface area contributed by atoms with Crippen LogP contribution < -0.4 is 5.32 Å². The quantitative estimate of drug-likeness (QED) is 0.551. The average molecular weight is 419 g/mol. The Morgan fingerprint density at radius 1 is 1.13 bits per heavy atom. The Hall–Kier alpha value is -0.690. The lowest BCUT2D eigenvalue weighted by atomic mass is 9.53. The molecular weight excluding hydrogens is 378 g/mol. The van der Waals surface area contributed by atoms with Gasteiger partial charge in [0.2, 0.25) is 0 Å². The maximum atomic E-state index is 13.0. The van der Waals surface area contributed by atoms with Crippen molar-refractivity contribution in [3.05, 3.63) is 0 Å². The molecule has 0 radical (unpaired) electrons. The van der Waals surface area contributed by atoms with Crippen molar-refractivity contribution in [3.8, 4) is 0 Å². The first-order valence-corrected chi connectivity index (χ1v) is 12.7. The zero-order valence-corrected chi connectivity index (χ0v) is 18.9. The fourth-order valence-corrected chi connectivity index (χ4v) is 8.26. The SMILES string of the molecule is C[C@@H]1CCC[C@@]2(C)C[C@H]3OC(=O)[C@H](CN4CCN(C5CCCC[NH2+]5)CC4)[C@@H]3[C@@H]3O[C@]132. The first kappa shape index (κ1) is 20.0. The second-order valence-corrected chi connectivity index (χ2v) is 11.5. The molecule has 4 aliphatic heterocycles. The van der Waals surface area contributed by atoms with Gasteiger partial charge in [0.05, 0.1) is 18.6 Å². The van der Waals surface area contributed by atoms with Crippen molar-refractivity contribution in [2.45, 2.75) is 82.8 Å². The van der Waals surface area contributed by atoms with Crippen molar-refractivity contribution in [2.75, 3.05) is 39.3 Å². The zero-order chi connectivity index (χ0) is 20.5. The van der Waals surface area contributed by atoms with Gasteiger partial charge in [-0.15, -0.1) is 0 Å². The topological polar surface area (TPSA) is 61.9 Å². The second-order valence-electron chi connectivity index (χ2n) is 11.5. The Kier molecular flexibility index (Phi) is 4.76. The molecule has 6 fully saturated rings. The van der Waals surface area contributed by atoms with Crippen molar-refractivity contribution < 1.29 is 19.6 Å². The van der Waals surface area contributed by atoms with Gasteiger partial charge < -0.3 is 14.8 Å². The van der Waals surface area contributed by atoms with Gasteiger partial charge in [0.1, 0.15) is 17.9 Å². The monoisotopic (exact) mass is 418 g/mol. The molecule has 2 aliphatic carbocycles. The van der Waals surface area contributed by atoms with Crippen LogP contribution in [0.25, 0.3) is 0 Å². The van der Waals surface area contributed by atoms with Crippen molar-refractivity contribution in [1.82, 2.24) is 9.80 Å². The van der Waals surface area contributed by atoms with Gasteiger partial charge in [0.25, 0.3) is 0 Å². The maximum absolute atomic E-state index is 13.0. The van der Waals surface area contributed by atoms with Crippen LogP contribution >= 0.6 is 0 Å². The third-order valence-corrected chi connectivity index (χ3v) is 9.92. The van der Waals surface area contributed by atoms with Gasteiger partial charge in [-0.2, -0.15) is 0 Å². The third-order valence-electron chi connectivity index (χ3n) is 9.92.